The molecule has 0 aliphatic heterocycles. The van der Waals surface area contributed by atoms with Gasteiger partial charge >= 0.3 is 6.09 Å². The van der Waals surface area contributed by atoms with Crippen molar-refractivity contribution in [2.75, 3.05) is 25.1 Å². The Balaban J connectivity index is 1.66. The average molecular weight is 491 g/mol. The molecule has 1 aliphatic carbocycles. The van der Waals surface area contributed by atoms with Crippen LogP contribution in [0.5, 0.6) is 0 Å². The summed E-state index contributed by atoms with van der Waals surface area (Å²) in [5.74, 6) is 0.480. The van der Waals surface area contributed by atoms with Gasteiger partial charge in [-0.25, -0.2) is 9.48 Å². The van der Waals surface area contributed by atoms with Gasteiger partial charge in [-0.2, -0.15) is 10.2 Å². The molecule has 1 saturated carbocycles. The molecule has 194 valence electrons. The quantitative estimate of drug-likeness (QED) is 0.436. The number of hydrogen-bond donors (Lipinski definition) is 3. The second-order valence-corrected chi connectivity index (χ2v) is 10.2. The van der Waals surface area contributed by atoms with E-state index in [4.69, 9.17) is 19.7 Å². The molecule has 0 spiro atoms. The zero-order valence-electron chi connectivity index (χ0n) is 21.3. The molecular formula is C24H38N6O5. The predicted molar refractivity (Wildman–Crippen MR) is 130 cm³/mol. The lowest BCUT2D eigenvalue weighted by atomic mass is 10.0. The van der Waals surface area contributed by atoms with Crippen LogP contribution in [0.3, 0.4) is 0 Å². The van der Waals surface area contributed by atoms with Gasteiger partial charge in [0.05, 0.1) is 49.4 Å². The van der Waals surface area contributed by atoms with Crippen LogP contribution in [0.15, 0.2) is 18.5 Å². The number of carbonyl (C=O) groups excluding carboxylic acids is 2. The fraction of sp³-hybridized carbons (Fsp3) is 0.667. The molecule has 35 heavy (non-hydrogen) atoms. The summed E-state index contributed by atoms with van der Waals surface area (Å²) in [6, 6.07) is 1.94. The van der Waals surface area contributed by atoms with Gasteiger partial charge in [-0.15, -0.1) is 0 Å². The van der Waals surface area contributed by atoms with Crippen LogP contribution in [0.2, 0.25) is 0 Å². The zero-order valence-corrected chi connectivity index (χ0v) is 21.3. The van der Waals surface area contributed by atoms with Gasteiger partial charge in [-0.05, 0) is 53.9 Å². The van der Waals surface area contributed by atoms with E-state index in [1.165, 1.54) is 6.20 Å². The summed E-state index contributed by atoms with van der Waals surface area (Å²) in [5.41, 5.74) is 0.962. The largest absolute Gasteiger partial charge is 0.446 e. The van der Waals surface area contributed by atoms with Crippen molar-refractivity contribution < 1.29 is 24.2 Å². The van der Waals surface area contributed by atoms with E-state index in [-0.39, 0.29) is 48.8 Å². The summed E-state index contributed by atoms with van der Waals surface area (Å²) in [6.07, 6.45) is 4.98. The minimum Gasteiger partial charge on any atom is -0.446 e. The first-order valence-electron chi connectivity index (χ1n) is 12.2. The Morgan fingerprint density at radius 1 is 1.26 bits per heavy atom. The summed E-state index contributed by atoms with van der Waals surface area (Å²) in [7, 11) is 0. The van der Waals surface area contributed by atoms with E-state index in [1.54, 1.807) is 10.9 Å². The van der Waals surface area contributed by atoms with Gasteiger partial charge in [0.2, 0.25) is 0 Å². The van der Waals surface area contributed by atoms with Crippen molar-refractivity contribution >= 4 is 17.8 Å². The second kappa shape index (κ2) is 11.7. The molecule has 0 bridgehead atoms. The molecule has 0 aromatic carbocycles. The van der Waals surface area contributed by atoms with Crippen molar-refractivity contribution in [1.29, 1.82) is 0 Å². The number of nitrogens with zero attached hydrogens (tertiary/aromatic N) is 4. The molecule has 0 radical (unpaired) electrons. The third-order valence-electron chi connectivity index (χ3n) is 5.68. The molecule has 0 unspecified atom stereocenters. The zero-order chi connectivity index (χ0) is 25.6. The Morgan fingerprint density at radius 3 is 2.71 bits per heavy atom. The molecule has 11 nitrogen and oxygen atoms in total. The van der Waals surface area contributed by atoms with E-state index >= 15 is 0 Å². The van der Waals surface area contributed by atoms with Gasteiger partial charge in [0, 0.05) is 24.2 Å². The molecule has 2 heterocycles. The highest BCUT2D eigenvalue weighted by molar-refractivity contribution is 6.03. The maximum atomic E-state index is 12.9. The minimum atomic E-state index is -0.390. The van der Waals surface area contributed by atoms with E-state index in [0.717, 1.165) is 18.5 Å². The van der Waals surface area contributed by atoms with Crippen LogP contribution in [0.1, 0.15) is 75.9 Å². The Hall–Kier alpha value is -2.92. The Bertz CT molecular complexity index is 993. The highest BCUT2D eigenvalue weighted by Gasteiger charge is 2.32. The third kappa shape index (κ3) is 7.53. The van der Waals surface area contributed by atoms with Crippen molar-refractivity contribution in [3.63, 3.8) is 0 Å². The number of anilines is 1. The average Bonchev–Trinajstić information content (AvgIpc) is 3.49. The Morgan fingerprint density at radius 2 is 2.03 bits per heavy atom. The first-order chi connectivity index (χ1) is 16.6. The number of aliphatic hydroxyl groups excluding tert-OH is 1. The minimum absolute atomic E-state index is 0.0278. The SMILES string of the molecule is CC(C)NC(=O)O[C@@H]1CC[C@H](c2cc(NC(=O)c3cnn(CCOCCO)c3)n(C(C)(C)C)n2)C1. The van der Waals surface area contributed by atoms with Crippen molar-refractivity contribution in [3.8, 4) is 0 Å². The lowest BCUT2D eigenvalue weighted by Crippen LogP contribution is -2.33. The van der Waals surface area contributed by atoms with Crippen LogP contribution in [-0.2, 0) is 21.6 Å². The molecule has 2 amide bonds. The second-order valence-electron chi connectivity index (χ2n) is 10.2. The van der Waals surface area contributed by atoms with E-state index in [1.807, 2.05) is 45.4 Å². The number of aliphatic hydroxyl groups is 1. The number of ether oxygens (including phenoxy) is 2. The molecule has 3 N–H and O–H groups in total. The summed E-state index contributed by atoms with van der Waals surface area (Å²) >= 11 is 0. The summed E-state index contributed by atoms with van der Waals surface area (Å²) < 4.78 is 14.3. The lowest BCUT2D eigenvalue weighted by molar-refractivity contribution is 0.0853. The van der Waals surface area contributed by atoms with Crippen LogP contribution < -0.4 is 10.6 Å². The standard InChI is InChI=1S/C24H38N6O5/c1-16(2)26-23(33)35-19-7-6-17(12-19)20-13-21(30(28-20)24(3,4)5)27-22(32)18-14-25-29(15-18)8-10-34-11-9-31/h13-17,19,31H,6-12H2,1-5H3,(H,26,33)(H,27,32)/t17-,19+/m0/s1. The van der Waals surface area contributed by atoms with Crippen LogP contribution >= 0.6 is 0 Å². The third-order valence-corrected chi connectivity index (χ3v) is 5.68. The smallest absolute Gasteiger partial charge is 0.407 e. The van der Waals surface area contributed by atoms with Gasteiger partial charge in [0.1, 0.15) is 11.9 Å². The van der Waals surface area contributed by atoms with E-state index < -0.39 is 0 Å². The molecule has 2 aromatic rings. The topological polar surface area (TPSA) is 133 Å². The fourth-order valence-electron chi connectivity index (χ4n) is 4.05. The highest BCUT2D eigenvalue weighted by atomic mass is 16.6. The van der Waals surface area contributed by atoms with E-state index in [2.05, 4.69) is 15.7 Å². The van der Waals surface area contributed by atoms with Crippen molar-refractivity contribution in [1.82, 2.24) is 24.9 Å². The van der Waals surface area contributed by atoms with Crippen LogP contribution in [0, 0.1) is 0 Å². The highest BCUT2D eigenvalue weighted by Crippen LogP contribution is 2.37. The fourth-order valence-corrected chi connectivity index (χ4v) is 4.05. The predicted octanol–water partition coefficient (Wildman–Crippen LogP) is 2.87. The maximum absolute atomic E-state index is 12.9. The lowest BCUT2D eigenvalue weighted by Gasteiger charge is -2.22. The van der Waals surface area contributed by atoms with Gasteiger partial charge in [-0.3, -0.25) is 9.48 Å². The number of carbonyl (C=O) groups is 2. The maximum Gasteiger partial charge on any atom is 0.407 e. The van der Waals surface area contributed by atoms with E-state index in [0.29, 0.717) is 31.0 Å². The van der Waals surface area contributed by atoms with Gasteiger partial charge in [0.15, 0.2) is 0 Å². The number of amides is 2. The summed E-state index contributed by atoms with van der Waals surface area (Å²) in [4.78, 5) is 24.9. The molecular weight excluding hydrogens is 452 g/mol. The number of hydrogen-bond acceptors (Lipinski definition) is 7. The first kappa shape index (κ1) is 26.7. The summed E-state index contributed by atoms with van der Waals surface area (Å²) in [5, 5.41) is 23.6. The molecule has 2 aromatic heterocycles. The van der Waals surface area contributed by atoms with E-state index in [9.17, 15) is 9.59 Å². The van der Waals surface area contributed by atoms with Crippen molar-refractivity contribution in [2.24, 2.45) is 0 Å². The van der Waals surface area contributed by atoms with Crippen LogP contribution in [-0.4, -0.2) is 68.6 Å². The van der Waals surface area contributed by atoms with Gasteiger partial charge in [0.25, 0.3) is 5.91 Å². The monoisotopic (exact) mass is 490 g/mol. The van der Waals surface area contributed by atoms with Crippen LogP contribution in [0.4, 0.5) is 10.6 Å². The molecule has 11 heteroatoms. The number of nitrogens with one attached hydrogen (secondary N) is 2. The molecule has 1 aliphatic rings. The number of aromatic nitrogens is 4. The number of rotatable bonds is 10. The van der Waals surface area contributed by atoms with Crippen LogP contribution in [0.25, 0.3) is 0 Å². The molecule has 2 atom stereocenters. The molecule has 1 fully saturated rings. The first-order valence-corrected chi connectivity index (χ1v) is 12.2. The Kier molecular flexibility index (Phi) is 8.90. The van der Waals surface area contributed by atoms with Gasteiger partial charge in [-0.1, -0.05) is 0 Å². The van der Waals surface area contributed by atoms with Crippen molar-refractivity contribution in [3.05, 3.63) is 29.7 Å². The number of alkyl carbamates (subject to hydrolysis) is 1. The summed E-state index contributed by atoms with van der Waals surface area (Å²) in [6.45, 7) is 11.0. The normalized spacial score (nSPS) is 18.1. The molecule has 3 rings (SSSR count). The van der Waals surface area contributed by atoms with Gasteiger partial charge < -0.3 is 25.2 Å². The van der Waals surface area contributed by atoms with Crippen molar-refractivity contribution in [2.45, 2.75) is 84.0 Å². The Labute approximate surface area is 206 Å². The molecule has 0 saturated heterocycles.